The number of hydrogen-bond donors (Lipinski definition) is 1. The zero-order valence-electron chi connectivity index (χ0n) is 18.2. The highest BCUT2D eigenvalue weighted by molar-refractivity contribution is 6.30. The fourth-order valence-corrected chi connectivity index (χ4v) is 3.63. The van der Waals surface area contributed by atoms with E-state index in [4.69, 9.17) is 22.0 Å². The lowest BCUT2D eigenvalue weighted by Crippen LogP contribution is -2.29. The zero-order valence-corrected chi connectivity index (χ0v) is 18.9. The maximum atomic E-state index is 6.20. The van der Waals surface area contributed by atoms with Gasteiger partial charge < -0.3 is 9.53 Å². The number of hydrazine groups is 1. The molecule has 2 aromatic carbocycles. The molecule has 31 heavy (non-hydrogen) atoms. The standard InChI is InChI=1S/C25H27ClN4O/c1-6-9-22-16(3)12-20(13-17(22)4)24-28-25(31-29-24)18(5)14-23(30(27)7-2)19-10-8-11-21(26)15-19/h6,8,10-15H,1,5,7,9,27H2,2-4H3/b23-14-. The Bertz CT molecular complexity index is 1120. The van der Waals surface area contributed by atoms with Gasteiger partial charge in [-0.05, 0) is 74.2 Å². The molecule has 6 heteroatoms. The normalized spacial score (nSPS) is 11.5. The van der Waals surface area contributed by atoms with Gasteiger partial charge in [-0.3, -0.25) is 0 Å². The highest BCUT2D eigenvalue weighted by Gasteiger charge is 2.15. The Balaban J connectivity index is 1.94. The number of nitrogens with two attached hydrogens (primary N) is 1. The summed E-state index contributed by atoms with van der Waals surface area (Å²) in [5, 5.41) is 6.42. The van der Waals surface area contributed by atoms with Gasteiger partial charge in [-0.2, -0.15) is 4.98 Å². The zero-order chi connectivity index (χ0) is 22.5. The van der Waals surface area contributed by atoms with Gasteiger partial charge in [-0.25, -0.2) is 5.84 Å². The molecule has 3 rings (SSSR count). The van der Waals surface area contributed by atoms with E-state index in [1.165, 1.54) is 16.7 Å². The maximum absolute atomic E-state index is 6.20. The molecule has 0 atom stereocenters. The molecule has 0 aliphatic rings. The molecule has 0 spiro atoms. The highest BCUT2D eigenvalue weighted by Crippen LogP contribution is 2.27. The molecule has 0 bridgehead atoms. The molecule has 0 saturated heterocycles. The minimum absolute atomic E-state index is 0.338. The van der Waals surface area contributed by atoms with E-state index in [0.717, 1.165) is 23.2 Å². The van der Waals surface area contributed by atoms with Crippen molar-refractivity contribution < 1.29 is 4.52 Å². The van der Waals surface area contributed by atoms with Crippen molar-refractivity contribution >= 4 is 22.9 Å². The average molecular weight is 435 g/mol. The highest BCUT2D eigenvalue weighted by atomic mass is 35.5. The summed E-state index contributed by atoms with van der Waals surface area (Å²) >= 11 is 6.16. The van der Waals surface area contributed by atoms with Gasteiger partial charge in [0.15, 0.2) is 0 Å². The summed E-state index contributed by atoms with van der Waals surface area (Å²) in [5.74, 6) is 7.06. The molecular formula is C25H27ClN4O. The van der Waals surface area contributed by atoms with E-state index >= 15 is 0 Å². The van der Waals surface area contributed by atoms with Gasteiger partial charge in [-0.15, -0.1) is 6.58 Å². The van der Waals surface area contributed by atoms with Crippen molar-refractivity contribution in [1.29, 1.82) is 0 Å². The first-order valence-electron chi connectivity index (χ1n) is 10.1. The molecule has 0 unspecified atom stereocenters. The smallest absolute Gasteiger partial charge is 0.257 e. The Hall–Kier alpha value is -3.15. The van der Waals surface area contributed by atoms with Crippen LogP contribution in [0.4, 0.5) is 0 Å². The number of allylic oxidation sites excluding steroid dienone is 3. The molecule has 1 heterocycles. The monoisotopic (exact) mass is 434 g/mol. The van der Waals surface area contributed by atoms with Crippen molar-refractivity contribution in [2.24, 2.45) is 5.84 Å². The van der Waals surface area contributed by atoms with Crippen LogP contribution in [-0.2, 0) is 6.42 Å². The number of benzene rings is 2. The quantitative estimate of drug-likeness (QED) is 0.204. The minimum atomic E-state index is 0.338. The topological polar surface area (TPSA) is 68.2 Å². The lowest BCUT2D eigenvalue weighted by Gasteiger charge is -2.21. The van der Waals surface area contributed by atoms with Crippen LogP contribution >= 0.6 is 11.6 Å². The second-order valence-electron chi connectivity index (χ2n) is 7.36. The van der Waals surface area contributed by atoms with E-state index < -0.39 is 0 Å². The molecule has 0 aliphatic carbocycles. The lowest BCUT2D eigenvalue weighted by atomic mass is 9.97. The number of aryl methyl sites for hydroxylation is 2. The SMILES string of the molecule is C=CCc1c(C)cc(-c2noc(C(=C)/C=C(/c3cccc(Cl)c3)N(N)CC)n2)cc1C. The van der Waals surface area contributed by atoms with Crippen LogP contribution < -0.4 is 5.84 Å². The molecule has 0 aliphatic heterocycles. The summed E-state index contributed by atoms with van der Waals surface area (Å²) in [6.07, 6.45) is 4.57. The number of aromatic nitrogens is 2. The summed E-state index contributed by atoms with van der Waals surface area (Å²) in [6.45, 7) is 14.7. The van der Waals surface area contributed by atoms with Gasteiger partial charge in [0.1, 0.15) is 0 Å². The molecule has 0 amide bonds. The molecule has 2 N–H and O–H groups in total. The molecule has 0 radical (unpaired) electrons. The largest absolute Gasteiger partial charge is 0.334 e. The minimum Gasteiger partial charge on any atom is -0.334 e. The first-order valence-corrected chi connectivity index (χ1v) is 10.5. The van der Waals surface area contributed by atoms with Gasteiger partial charge in [0.2, 0.25) is 5.82 Å². The van der Waals surface area contributed by atoms with E-state index in [-0.39, 0.29) is 0 Å². The van der Waals surface area contributed by atoms with Gasteiger partial charge >= 0.3 is 0 Å². The first kappa shape index (κ1) is 22.5. The van der Waals surface area contributed by atoms with Crippen molar-refractivity contribution in [3.63, 3.8) is 0 Å². The van der Waals surface area contributed by atoms with E-state index in [1.54, 1.807) is 5.01 Å². The van der Waals surface area contributed by atoms with Crippen molar-refractivity contribution in [3.8, 4) is 11.4 Å². The van der Waals surface area contributed by atoms with Crippen LogP contribution in [0.2, 0.25) is 5.02 Å². The fourth-order valence-electron chi connectivity index (χ4n) is 3.44. The lowest BCUT2D eigenvalue weighted by molar-refractivity contribution is 0.409. The molecule has 5 nitrogen and oxygen atoms in total. The molecule has 0 saturated carbocycles. The molecule has 0 fully saturated rings. The Labute approximate surface area is 188 Å². The second-order valence-corrected chi connectivity index (χ2v) is 7.79. The van der Waals surface area contributed by atoms with Gasteiger partial charge in [0.25, 0.3) is 5.89 Å². The van der Waals surface area contributed by atoms with Crippen LogP contribution in [-0.4, -0.2) is 21.7 Å². The van der Waals surface area contributed by atoms with Crippen LogP contribution in [0.3, 0.4) is 0 Å². The van der Waals surface area contributed by atoms with Crippen molar-refractivity contribution in [1.82, 2.24) is 15.1 Å². The maximum Gasteiger partial charge on any atom is 0.257 e. The Morgan fingerprint density at radius 1 is 1.23 bits per heavy atom. The Morgan fingerprint density at radius 3 is 2.55 bits per heavy atom. The average Bonchev–Trinajstić information content (AvgIpc) is 3.24. The van der Waals surface area contributed by atoms with E-state index in [0.29, 0.717) is 28.9 Å². The van der Waals surface area contributed by atoms with E-state index in [1.807, 2.05) is 43.3 Å². The van der Waals surface area contributed by atoms with Crippen molar-refractivity contribution in [3.05, 3.63) is 94.9 Å². The number of nitrogens with zero attached hydrogens (tertiary/aromatic N) is 3. The summed E-state index contributed by atoms with van der Waals surface area (Å²) in [4.78, 5) is 4.56. The molecule has 160 valence electrons. The molecule has 1 aromatic heterocycles. The first-order chi connectivity index (χ1) is 14.8. The summed E-state index contributed by atoms with van der Waals surface area (Å²) < 4.78 is 5.51. The van der Waals surface area contributed by atoms with Gasteiger partial charge in [-0.1, -0.05) is 41.5 Å². The van der Waals surface area contributed by atoms with Crippen LogP contribution in [0.15, 0.2) is 66.2 Å². The third-order valence-electron chi connectivity index (χ3n) is 5.08. The third kappa shape index (κ3) is 5.13. The van der Waals surface area contributed by atoms with Crippen LogP contribution in [0.25, 0.3) is 22.7 Å². The summed E-state index contributed by atoms with van der Waals surface area (Å²) in [6, 6.07) is 11.6. The molecular weight excluding hydrogens is 408 g/mol. The van der Waals surface area contributed by atoms with Crippen molar-refractivity contribution in [2.45, 2.75) is 27.2 Å². The number of rotatable bonds is 8. The predicted octanol–water partition coefficient (Wildman–Crippen LogP) is 5.99. The Kier molecular flexibility index (Phi) is 7.10. The van der Waals surface area contributed by atoms with Crippen LogP contribution in [0, 0.1) is 13.8 Å². The van der Waals surface area contributed by atoms with Crippen LogP contribution in [0.1, 0.15) is 35.1 Å². The Morgan fingerprint density at radius 2 is 1.94 bits per heavy atom. The van der Waals surface area contributed by atoms with Gasteiger partial charge in [0, 0.05) is 28.3 Å². The molecule has 3 aromatic rings. The predicted molar refractivity (Wildman–Crippen MR) is 128 cm³/mol. The number of hydrogen-bond acceptors (Lipinski definition) is 5. The third-order valence-corrected chi connectivity index (χ3v) is 5.32. The summed E-state index contributed by atoms with van der Waals surface area (Å²) in [7, 11) is 0. The van der Waals surface area contributed by atoms with Crippen molar-refractivity contribution in [2.75, 3.05) is 6.54 Å². The van der Waals surface area contributed by atoms with Crippen LogP contribution in [0.5, 0.6) is 0 Å². The summed E-state index contributed by atoms with van der Waals surface area (Å²) in [5.41, 5.74) is 6.71. The fraction of sp³-hybridized carbons (Fsp3) is 0.200. The van der Waals surface area contributed by atoms with E-state index in [9.17, 15) is 0 Å². The second kappa shape index (κ2) is 9.77. The van der Waals surface area contributed by atoms with Gasteiger partial charge in [0.05, 0.1) is 5.70 Å². The van der Waals surface area contributed by atoms with E-state index in [2.05, 4.69) is 49.3 Å². The number of halogens is 1.